The van der Waals surface area contributed by atoms with E-state index >= 15 is 0 Å². The number of benzene rings is 1. The largest absolute Gasteiger partial charge is 0.352 e. The molecule has 3 N–H and O–H groups in total. The van der Waals surface area contributed by atoms with Crippen molar-refractivity contribution in [3.05, 3.63) is 35.1 Å². The van der Waals surface area contributed by atoms with Crippen molar-refractivity contribution in [3.8, 4) is 11.8 Å². The first-order valence-corrected chi connectivity index (χ1v) is 6.81. The molecule has 0 saturated carbocycles. The molecule has 0 radical (unpaired) electrons. The first-order chi connectivity index (χ1) is 9.54. The third kappa shape index (κ3) is 5.41. The zero-order chi connectivity index (χ0) is 15.0. The molecule has 0 spiro atoms. The van der Waals surface area contributed by atoms with Crippen LogP contribution >= 0.6 is 0 Å². The Morgan fingerprint density at radius 2 is 2.20 bits per heavy atom. The molecule has 0 aromatic heterocycles. The van der Waals surface area contributed by atoms with Crippen molar-refractivity contribution in [3.63, 3.8) is 0 Å². The summed E-state index contributed by atoms with van der Waals surface area (Å²) < 4.78 is 13.6. The number of hydrogen-bond acceptors (Lipinski definition) is 2. The van der Waals surface area contributed by atoms with E-state index < -0.39 is 11.7 Å². The number of halogens is 1. The minimum absolute atomic E-state index is 0.0263. The molecule has 1 aromatic carbocycles. The molecule has 1 amide bonds. The fourth-order valence-electron chi connectivity index (χ4n) is 1.74. The van der Waals surface area contributed by atoms with Gasteiger partial charge in [-0.05, 0) is 37.0 Å². The normalized spacial score (nSPS) is 10.1. The zero-order valence-corrected chi connectivity index (χ0v) is 12.0. The van der Waals surface area contributed by atoms with Crippen LogP contribution in [0.2, 0.25) is 0 Å². The molecule has 0 atom stereocenters. The monoisotopic (exact) mass is 276 g/mol. The van der Waals surface area contributed by atoms with Crippen molar-refractivity contribution < 1.29 is 9.18 Å². The summed E-state index contributed by atoms with van der Waals surface area (Å²) in [5, 5.41) is 2.73. The highest BCUT2D eigenvalue weighted by atomic mass is 19.1. The molecular formula is C16H21FN2O. The smallest absolute Gasteiger partial charge is 0.254 e. The van der Waals surface area contributed by atoms with Crippen molar-refractivity contribution in [2.45, 2.75) is 26.7 Å². The highest BCUT2D eigenvalue weighted by Crippen LogP contribution is 2.10. The lowest BCUT2D eigenvalue weighted by molar-refractivity contribution is 0.0948. The molecular weight excluding hydrogens is 255 g/mol. The van der Waals surface area contributed by atoms with E-state index in [0.29, 0.717) is 18.0 Å². The molecule has 0 fully saturated rings. The molecule has 0 bridgehead atoms. The summed E-state index contributed by atoms with van der Waals surface area (Å²) in [6.45, 7) is 5.03. The van der Waals surface area contributed by atoms with E-state index in [1.165, 1.54) is 18.2 Å². The van der Waals surface area contributed by atoms with Crippen molar-refractivity contribution in [2.24, 2.45) is 11.7 Å². The van der Waals surface area contributed by atoms with Gasteiger partial charge in [0.1, 0.15) is 5.82 Å². The average Bonchev–Trinajstić information content (AvgIpc) is 2.42. The lowest BCUT2D eigenvalue weighted by atomic mass is 10.1. The van der Waals surface area contributed by atoms with Gasteiger partial charge >= 0.3 is 0 Å². The highest BCUT2D eigenvalue weighted by molar-refractivity contribution is 5.94. The van der Waals surface area contributed by atoms with E-state index in [0.717, 1.165) is 12.8 Å². The third-order valence-corrected chi connectivity index (χ3v) is 2.79. The molecule has 0 aliphatic rings. The topological polar surface area (TPSA) is 55.1 Å². The fraction of sp³-hybridized carbons (Fsp3) is 0.438. The second kappa shape index (κ2) is 8.34. The van der Waals surface area contributed by atoms with E-state index in [-0.39, 0.29) is 12.1 Å². The maximum Gasteiger partial charge on any atom is 0.254 e. The summed E-state index contributed by atoms with van der Waals surface area (Å²) >= 11 is 0. The molecule has 3 nitrogen and oxygen atoms in total. The number of rotatable bonds is 5. The first kappa shape index (κ1) is 16.2. The van der Waals surface area contributed by atoms with Crippen LogP contribution in [0.4, 0.5) is 4.39 Å². The van der Waals surface area contributed by atoms with Gasteiger partial charge in [0, 0.05) is 12.1 Å². The molecule has 0 aliphatic carbocycles. The minimum Gasteiger partial charge on any atom is -0.352 e. The van der Waals surface area contributed by atoms with Gasteiger partial charge in [0.15, 0.2) is 0 Å². The van der Waals surface area contributed by atoms with E-state index in [1.54, 1.807) is 0 Å². The van der Waals surface area contributed by atoms with Crippen LogP contribution in [-0.4, -0.2) is 19.0 Å². The Hall–Kier alpha value is -1.86. The predicted molar refractivity (Wildman–Crippen MR) is 78.7 cm³/mol. The summed E-state index contributed by atoms with van der Waals surface area (Å²) in [5.74, 6) is 5.12. The van der Waals surface area contributed by atoms with E-state index in [9.17, 15) is 9.18 Å². The van der Waals surface area contributed by atoms with Gasteiger partial charge in [0.05, 0.1) is 12.1 Å². The van der Waals surface area contributed by atoms with Crippen LogP contribution in [0.1, 0.15) is 42.6 Å². The average molecular weight is 276 g/mol. The lowest BCUT2D eigenvalue weighted by Gasteiger charge is -2.08. The zero-order valence-electron chi connectivity index (χ0n) is 12.0. The SMILES string of the molecule is CC(C)CCCNC(=O)c1cc(C#CCN)ccc1F. The number of hydrogen-bond donors (Lipinski definition) is 2. The summed E-state index contributed by atoms with van der Waals surface area (Å²) in [6.07, 6.45) is 1.92. The second-order valence-electron chi connectivity index (χ2n) is 4.99. The van der Waals surface area contributed by atoms with Crippen molar-refractivity contribution >= 4 is 5.91 Å². The predicted octanol–water partition coefficient (Wildman–Crippen LogP) is 2.30. The van der Waals surface area contributed by atoms with Crippen LogP contribution in [0.25, 0.3) is 0 Å². The molecule has 0 heterocycles. The standard InChI is InChI=1S/C16H21FN2O/c1-12(2)5-4-10-19-16(20)14-11-13(6-3-9-18)7-8-15(14)17/h7-8,11-12H,4-5,9-10,18H2,1-2H3,(H,19,20). The Kier molecular flexibility index (Phi) is 6.75. The Bertz CT molecular complexity index is 515. The first-order valence-electron chi connectivity index (χ1n) is 6.81. The van der Waals surface area contributed by atoms with Crippen LogP contribution in [0.3, 0.4) is 0 Å². The van der Waals surface area contributed by atoms with Gasteiger partial charge in [-0.15, -0.1) is 0 Å². The van der Waals surface area contributed by atoms with E-state index in [1.807, 2.05) is 0 Å². The number of nitrogens with two attached hydrogens (primary N) is 1. The van der Waals surface area contributed by atoms with Crippen LogP contribution in [-0.2, 0) is 0 Å². The Balaban J connectivity index is 2.67. The number of amides is 1. The van der Waals surface area contributed by atoms with Gasteiger partial charge in [0.2, 0.25) is 0 Å². The molecule has 1 aromatic rings. The van der Waals surface area contributed by atoms with E-state index in [4.69, 9.17) is 5.73 Å². The number of nitrogens with one attached hydrogen (secondary N) is 1. The molecule has 0 aliphatic heterocycles. The molecule has 108 valence electrons. The quantitative estimate of drug-likeness (QED) is 0.640. The fourth-order valence-corrected chi connectivity index (χ4v) is 1.74. The van der Waals surface area contributed by atoms with Gasteiger partial charge in [-0.25, -0.2) is 4.39 Å². The van der Waals surface area contributed by atoms with Crippen LogP contribution in [0, 0.1) is 23.6 Å². The maximum atomic E-state index is 13.6. The van der Waals surface area contributed by atoms with Gasteiger partial charge < -0.3 is 11.1 Å². The van der Waals surface area contributed by atoms with Crippen LogP contribution in [0.15, 0.2) is 18.2 Å². The van der Waals surface area contributed by atoms with Crippen LogP contribution < -0.4 is 11.1 Å². The molecule has 0 unspecified atom stereocenters. The van der Waals surface area contributed by atoms with Crippen molar-refractivity contribution in [2.75, 3.05) is 13.1 Å². The van der Waals surface area contributed by atoms with Gasteiger partial charge in [-0.1, -0.05) is 25.7 Å². The number of carbonyl (C=O) groups excluding carboxylic acids is 1. The molecule has 0 saturated heterocycles. The summed E-state index contributed by atoms with van der Waals surface area (Å²) in [6, 6.07) is 4.24. The summed E-state index contributed by atoms with van der Waals surface area (Å²) in [7, 11) is 0. The molecule has 1 rings (SSSR count). The van der Waals surface area contributed by atoms with Crippen LogP contribution in [0.5, 0.6) is 0 Å². The lowest BCUT2D eigenvalue weighted by Crippen LogP contribution is -2.25. The number of carbonyl (C=O) groups is 1. The maximum absolute atomic E-state index is 13.6. The molecule has 4 heteroatoms. The van der Waals surface area contributed by atoms with Crippen molar-refractivity contribution in [1.29, 1.82) is 0 Å². The van der Waals surface area contributed by atoms with E-state index in [2.05, 4.69) is 31.0 Å². The third-order valence-electron chi connectivity index (χ3n) is 2.79. The second-order valence-corrected chi connectivity index (χ2v) is 4.99. The molecule has 20 heavy (non-hydrogen) atoms. The minimum atomic E-state index is -0.537. The van der Waals surface area contributed by atoms with Crippen molar-refractivity contribution in [1.82, 2.24) is 5.32 Å². The van der Waals surface area contributed by atoms with Gasteiger partial charge in [-0.2, -0.15) is 0 Å². The van der Waals surface area contributed by atoms with Gasteiger partial charge in [-0.3, -0.25) is 4.79 Å². The van der Waals surface area contributed by atoms with Gasteiger partial charge in [0.25, 0.3) is 5.91 Å². The highest BCUT2D eigenvalue weighted by Gasteiger charge is 2.11. The Morgan fingerprint density at radius 1 is 1.45 bits per heavy atom. The Labute approximate surface area is 119 Å². The summed E-state index contributed by atoms with van der Waals surface area (Å²) in [5.41, 5.74) is 5.90. The Morgan fingerprint density at radius 3 is 2.85 bits per heavy atom. The summed E-state index contributed by atoms with van der Waals surface area (Å²) in [4.78, 5) is 11.9.